The molecule has 0 aliphatic carbocycles. The molecule has 0 saturated carbocycles. The van der Waals surface area contributed by atoms with Crippen LogP contribution in [0.4, 0.5) is 0 Å². The van der Waals surface area contributed by atoms with Crippen molar-refractivity contribution in [2.75, 3.05) is 0 Å². The average Bonchev–Trinajstić information content (AvgIpc) is 2.14. The second-order valence-electron chi connectivity index (χ2n) is 3.63. The van der Waals surface area contributed by atoms with Crippen molar-refractivity contribution in [2.45, 2.75) is 45.0 Å². The summed E-state index contributed by atoms with van der Waals surface area (Å²) in [6.07, 6.45) is 2.40. The van der Waals surface area contributed by atoms with Crippen molar-refractivity contribution in [1.29, 1.82) is 0 Å². The van der Waals surface area contributed by atoms with E-state index in [0.29, 0.717) is 6.42 Å². The van der Waals surface area contributed by atoms with E-state index in [4.69, 9.17) is 4.55 Å². The zero-order chi connectivity index (χ0) is 12.8. The predicted octanol–water partition coefficient (Wildman–Crippen LogP) is -0.984. The SMILES string of the molecule is C=C(C)C(=O)OC(CCCCC)S(=O)(=O)O.[H-].[Na+]. The molecule has 0 bridgehead atoms. The van der Waals surface area contributed by atoms with Gasteiger partial charge in [0.05, 0.1) is 0 Å². The van der Waals surface area contributed by atoms with Gasteiger partial charge in [-0.2, -0.15) is 8.42 Å². The van der Waals surface area contributed by atoms with Crippen molar-refractivity contribution in [3.8, 4) is 0 Å². The molecular weight excluding hydrogens is 255 g/mol. The van der Waals surface area contributed by atoms with Gasteiger partial charge < -0.3 is 6.16 Å². The van der Waals surface area contributed by atoms with Crippen LogP contribution < -0.4 is 29.6 Å². The summed E-state index contributed by atoms with van der Waals surface area (Å²) in [5.41, 5.74) is -1.38. The smallest absolute Gasteiger partial charge is 1.00 e. The Hall–Kier alpha value is 0.120. The van der Waals surface area contributed by atoms with Crippen molar-refractivity contribution < 1.29 is 53.5 Å². The molecule has 0 heterocycles. The summed E-state index contributed by atoms with van der Waals surface area (Å²) in [4.78, 5) is 11.1. The maximum atomic E-state index is 11.1. The van der Waals surface area contributed by atoms with E-state index in [1.54, 1.807) is 0 Å². The first-order chi connectivity index (χ1) is 7.29. The monoisotopic (exact) mass is 274 g/mol. The van der Waals surface area contributed by atoms with E-state index in [1.807, 2.05) is 6.92 Å². The van der Waals surface area contributed by atoms with Gasteiger partial charge in [0.25, 0.3) is 0 Å². The fourth-order valence-corrected chi connectivity index (χ4v) is 1.72. The van der Waals surface area contributed by atoms with Crippen LogP contribution >= 0.6 is 0 Å². The first-order valence-electron chi connectivity index (χ1n) is 5.11. The molecule has 5 nitrogen and oxygen atoms in total. The van der Waals surface area contributed by atoms with Gasteiger partial charge in [-0.1, -0.05) is 26.3 Å². The summed E-state index contributed by atoms with van der Waals surface area (Å²) < 4.78 is 35.4. The minimum Gasteiger partial charge on any atom is -1.00 e. The minimum atomic E-state index is -4.36. The van der Waals surface area contributed by atoms with Crippen molar-refractivity contribution in [3.05, 3.63) is 12.2 Å². The number of carbonyl (C=O) groups excluding carboxylic acids is 1. The number of unbranched alkanes of at least 4 members (excludes halogenated alkanes) is 2. The Morgan fingerprint density at radius 1 is 1.47 bits per heavy atom. The van der Waals surface area contributed by atoms with Crippen LogP contribution in [-0.2, 0) is 19.6 Å². The van der Waals surface area contributed by atoms with E-state index in [0.717, 1.165) is 12.8 Å². The number of rotatable bonds is 7. The van der Waals surface area contributed by atoms with Gasteiger partial charge in [0, 0.05) is 12.0 Å². The molecule has 0 amide bonds. The van der Waals surface area contributed by atoms with Crippen LogP contribution in [0.3, 0.4) is 0 Å². The van der Waals surface area contributed by atoms with Crippen LogP contribution in [0.2, 0.25) is 0 Å². The summed E-state index contributed by atoms with van der Waals surface area (Å²) >= 11 is 0. The van der Waals surface area contributed by atoms with E-state index in [2.05, 4.69) is 11.3 Å². The molecule has 0 aromatic heterocycles. The molecule has 0 aromatic rings. The molecular formula is C10H19NaO5S. The average molecular weight is 274 g/mol. The summed E-state index contributed by atoms with van der Waals surface area (Å²) in [7, 11) is -4.36. The molecule has 1 unspecified atom stereocenters. The van der Waals surface area contributed by atoms with E-state index in [9.17, 15) is 13.2 Å². The maximum absolute atomic E-state index is 11.1. The predicted molar refractivity (Wildman–Crippen MR) is 61.5 cm³/mol. The van der Waals surface area contributed by atoms with E-state index in [-0.39, 0.29) is 43.0 Å². The Morgan fingerprint density at radius 3 is 2.35 bits per heavy atom. The van der Waals surface area contributed by atoms with Gasteiger partial charge in [-0.15, -0.1) is 0 Å². The quantitative estimate of drug-likeness (QED) is 0.212. The van der Waals surface area contributed by atoms with Crippen LogP contribution in [0.15, 0.2) is 12.2 Å². The van der Waals surface area contributed by atoms with Gasteiger partial charge in [-0.3, -0.25) is 4.55 Å². The molecule has 0 spiro atoms. The summed E-state index contributed by atoms with van der Waals surface area (Å²) in [6, 6.07) is 0. The number of ether oxygens (including phenoxy) is 1. The molecule has 0 saturated heterocycles. The second kappa shape index (κ2) is 9.10. The molecule has 7 heteroatoms. The van der Waals surface area contributed by atoms with Crippen molar-refractivity contribution in [3.63, 3.8) is 0 Å². The Bertz CT molecular complexity index is 355. The van der Waals surface area contributed by atoms with E-state index >= 15 is 0 Å². The van der Waals surface area contributed by atoms with Crippen molar-refractivity contribution >= 4 is 16.1 Å². The molecule has 0 aliphatic heterocycles. The second-order valence-corrected chi connectivity index (χ2v) is 5.18. The molecule has 0 rings (SSSR count). The Kier molecular flexibility index (Phi) is 10.4. The normalized spacial score (nSPS) is 12.4. The van der Waals surface area contributed by atoms with E-state index in [1.165, 1.54) is 6.92 Å². The molecule has 0 aromatic carbocycles. The van der Waals surface area contributed by atoms with Gasteiger partial charge in [0.15, 0.2) is 0 Å². The van der Waals surface area contributed by atoms with Gasteiger partial charge in [0.2, 0.25) is 5.44 Å². The van der Waals surface area contributed by atoms with Crippen LogP contribution in [0.5, 0.6) is 0 Å². The Balaban J connectivity index is -0.00000112. The molecule has 1 N–H and O–H groups in total. The number of esters is 1. The van der Waals surface area contributed by atoms with Crippen LogP contribution in [0.1, 0.15) is 41.0 Å². The third kappa shape index (κ3) is 8.79. The standard InChI is InChI=1S/C10H18O5S.Na.H/c1-4-5-6-7-9(16(12,13)14)15-10(11)8(2)3;;/h9H,2,4-7H2,1,3H3,(H,12,13,14);;/q;+1;-1. The third-order valence-electron chi connectivity index (χ3n) is 1.96. The van der Waals surface area contributed by atoms with Crippen molar-refractivity contribution in [1.82, 2.24) is 0 Å². The van der Waals surface area contributed by atoms with Crippen LogP contribution in [0, 0.1) is 0 Å². The molecule has 17 heavy (non-hydrogen) atoms. The minimum absolute atomic E-state index is 0. The third-order valence-corrected chi connectivity index (χ3v) is 2.96. The van der Waals surface area contributed by atoms with Crippen LogP contribution in [0.25, 0.3) is 0 Å². The zero-order valence-electron chi connectivity index (χ0n) is 11.6. The van der Waals surface area contributed by atoms with E-state index < -0.39 is 21.5 Å². The molecule has 1 atom stereocenters. The Labute approximate surface area is 126 Å². The largest absolute Gasteiger partial charge is 1.00 e. The van der Waals surface area contributed by atoms with Crippen molar-refractivity contribution in [2.24, 2.45) is 0 Å². The van der Waals surface area contributed by atoms with Gasteiger partial charge in [0.1, 0.15) is 0 Å². The maximum Gasteiger partial charge on any atom is 1.00 e. The van der Waals surface area contributed by atoms with Crippen LogP contribution in [-0.4, -0.2) is 24.4 Å². The summed E-state index contributed by atoms with van der Waals surface area (Å²) in [5.74, 6) is -0.806. The zero-order valence-corrected chi connectivity index (χ0v) is 13.4. The number of hydrogen-bond acceptors (Lipinski definition) is 4. The topological polar surface area (TPSA) is 80.7 Å². The molecule has 0 aliphatic rings. The molecule has 0 fully saturated rings. The van der Waals surface area contributed by atoms with Gasteiger partial charge in [-0.25, -0.2) is 4.79 Å². The number of hydrogen-bond donors (Lipinski definition) is 1. The Morgan fingerprint density at radius 2 is 2.00 bits per heavy atom. The fourth-order valence-electron chi connectivity index (χ4n) is 1.05. The number of carbonyl (C=O) groups is 1. The van der Waals surface area contributed by atoms with Gasteiger partial charge in [-0.05, 0) is 13.3 Å². The summed E-state index contributed by atoms with van der Waals surface area (Å²) in [5, 5.41) is 0. The molecule has 0 radical (unpaired) electrons. The first kappa shape index (κ1) is 19.5. The first-order valence-corrected chi connectivity index (χ1v) is 6.62. The molecule has 96 valence electrons. The summed E-state index contributed by atoms with van der Waals surface area (Å²) in [6.45, 7) is 6.71. The fraction of sp³-hybridized carbons (Fsp3) is 0.700. The van der Waals surface area contributed by atoms with Gasteiger partial charge >= 0.3 is 45.6 Å².